The molecule has 2 atom stereocenters. The third-order valence-electron chi connectivity index (χ3n) is 3.65. The number of carbonyl (C=O) groups excluding carboxylic acids is 1. The van der Waals surface area contributed by atoms with E-state index in [4.69, 9.17) is 5.84 Å². The number of aliphatic hydroxyl groups excluding tert-OH is 1. The van der Waals surface area contributed by atoms with E-state index >= 15 is 0 Å². The highest BCUT2D eigenvalue weighted by molar-refractivity contribution is 5.99. The predicted molar refractivity (Wildman–Crippen MR) is 76.6 cm³/mol. The number of nitrogens with one attached hydrogen (secondary N) is 2. The first-order valence-corrected chi connectivity index (χ1v) is 6.77. The molecule has 1 amide bonds. The maximum atomic E-state index is 12.3. The Labute approximate surface area is 121 Å². The molecule has 1 aromatic carbocycles. The van der Waals surface area contributed by atoms with E-state index in [0.29, 0.717) is 18.5 Å². The van der Waals surface area contributed by atoms with E-state index in [9.17, 15) is 20.0 Å². The Bertz CT molecular complexity index is 549. The van der Waals surface area contributed by atoms with Crippen LogP contribution in [0.25, 0.3) is 0 Å². The fourth-order valence-corrected chi connectivity index (χ4v) is 2.49. The molecule has 114 valence electrons. The molecule has 0 saturated heterocycles. The highest BCUT2D eigenvalue weighted by Crippen LogP contribution is 2.24. The number of nitrogens with two attached hydrogens (primary N) is 1. The van der Waals surface area contributed by atoms with E-state index < -0.39 is 16.9 Å². The molecular formula is C13H18N4O4. The number of nitrogen functional groups attached to an aromatic ring is 1. The molecule has 0 heterocycles. The summed E-state index contributed by atoms with van der Waals surface area (Å²) in [5.41, 5.74) is 2.38. The predicted octanol–water partition coefficient (Wildman–Crippen LogP) is 0.914. The molecule has 1 aromatic rings. The smallest absolute Gasteiger partial charge is 0.282 e. The zero-order chi connectivity index (χ0) is 15.4. The Morgan fingerprint density at radius 1 is 1.38 bits per heavy atom. The van der Waals surface area contributed by atoms with Crippen LogP contribution in [0.15, 0.2) is 18.2 Å². The van der Waals surface area contributed by atoms with Gasteiger partial charge in [-0.15, -0.1) is 0 Å². The summed E-state index contributed by atoms with van der Waals surface area (Å²) in [4.78, 5) is 22.6. The number of amides is 1. The summed E-state index contributed by atoms with van der Waals surface area (Å²) < 4.78 is 0. The molecule has 1 aliphatic carbocycles. The van der Waals surface area contributed by atoms with Crippen LogP contribution in [0.4, 0.5) is 11.4 Å². The lowest BCUT2D eigenvalue weighted by Crippen LogP contribution is -2.45. The molecule has 5 N–H and O–H groups in total. The second-order valence-electron chi connectivity index (χ2n) is 5.07. The Morgan fingerprint density at radius 2 is 2.10 bits per heavy atom. The summed E-state index contributed by atoms with van der Waals surface area (Å²) in [6, 6.07) is 3.59. The summed E-state index contributed by atoms with van der Waals surface area (Å²) in [6.45, 7) is 0. The first-order valence-electron chi connectivity index (χ1n) is 6.77. The van der Waals surface area contributed by atoms with Crippen LogP contribution in [0.1, 0.15) is 36.0 Å². The minimum absolute atomic E-state index is 0.0757. The fourth-order valence-electron chi connectivity index (χ4n) is 2.49. The number of hydrogen-bond acceptors (Lipinski definition) is 6. The van der Waals surface area contributed by atoms with Gasteiger partial charge in [-0.25, -0.2) is 0 Å². The average Bonchev–Trinajstić information content (AvgIpc) is 2.48. The lowest BCUT2D eigenvalue weighted by atomic mass is 9.92. The number of anilines is 1. The van der Waals surface area contributed by atoms with Crippen LogP contribution in [-0.4, -0.2) is 28.1 Å². The Morgan fingerprint density at radius 3 is 2.71 bits per heavy atom. The molecule has 0 aliphatic heterocycles. The summed E-state index contributed by atoms with van der Waals surface area (Å²) in [5.74, 6) is 4.68. The van der Waals surface area contributed by atoms with Gasteiger partial charge in [-0.05, 0) is 25.0 Å². The van der Waals surface area contributed by atoms with Crippen molar-refractivity contribution < 1.29 is 14.8 Å². The Kier molecular flexibility index (Phi) is 4.71. The largest absolute Gasteiger partial charge is 0.391 e. The van der Waals surface area contributed by atoms with Crippen LogP contribution in [0.5, 0.6) is 0 Å². The molecule has 0 aromatic heterocycles. The Hall–Kier alpha value is -2.19. The number of rotatable bonds is 4. The number of aliphatic hydroxyl groups is 1. The molecule has 2 rings (SSSR count). The molecule has 2 unspecified atom stereocenters. The van der Waals surface area contributed by atoms with E-state index in [1.807, 2.05) is 0 Å². The zero-order valence-corrected chi connectivity index (χ0v) is 11.4. The van der Waals surface area contributed by atoms with Crippen molar-refractivity contribution in [3.63, 3.8) is 0 Å². The molecule has 0 bridgehead atoms. The van der Waals surface area contributed by atoms with E-state index in [-0.39, 0.29) is 17.3 Å². The molecule has 1 aliphatic rings. The van der Waals surface area contributed by atoms with Gasteiger partial charge in [0.2, 0.25) is 0 Å². The molecule has 1 fully saturated rings. The van der Waals surface area contributed by atoms with E-state index in [1.54, 1.807) is 0 Å². The van der Waals surface area contributed by atoms with Gasteiger partial charge in [-0.2, -0.15) is 0 Å². The third kappa shape index (κ3) is 3.47. The van der Waals surface area contributed by atoms with Crippen molar-refractivity contribution in [3.8, 4) is 0 Å². The van der Waals surface area contributed by atoms with Crippen LogP contribution >= 0.6 is 0 Å². The van der Waals surface area contributed by atoms with Crippen molar-refractivity contribution in [2.75, 3.05) is 5.43 Å². The van der Waals surface area contributed by atoms with Crippen molar-refractivity contribution in [2.45, 2.75) is 37.8 Å². The van der Waals surface area contributed by atoms with E-state index in [1.165, 1.54) is 18.2 Å². The van der Waals surface area contributed by atoms with Gasteiger partial charge in [0, 0.05) is 11.8 Å². The SMILES string of the molecule is NNc1ccc([N+](=O)[O-])c(C(=O)NC2CCCCC2O)c1. The number of nitro groups is 1. The second-order valence-corrected chi connectivity index (χ2v) is 5.07. The lowest BCUT2D eigenvalue weighted by molar-refractivity contribution is -0.385. The first kappa shape index (κ1) is 15.2. The minimum Gasteiger partial charge on any atom is -0.391 e. The highest BCUT2D eigenvalue weighted by Gasteiger charge is 2.27. The van der Waals surface area contributed by atoms with Gasteiger partial charge in [0.15, 0.2) is 0 Å². The molecule has 1 saturated carbocycles. The van der Waals surface area contributed by atoms with Crippen LogP contribution in [0.2, 0.25) is 0 Å². The quantitative estimate of drug-likeness (QED) is 0.371. The molecule has 0 spiro atoms. The number of nitro benzene ring substituents is 1. The van der Waals surface area contributed by atoms with Gasteiger partial charge in [-0.1, -0.05) is 12.8 Å². The maximum Gasteiger partial charge on any atom is 0.282 e. The van der Waals surface area contributed by atoms with E-state index in [2.05, 4.69) is 10.7 Å². The van der Waals surface area contributed by atoms with Crippen LogP contribution in [0, 0.1) is 10.1 Å². The lowest BCUT2D eigenvalue weighted by Gasteiger charge is -2.28. The summed E-state index contributed by atoms with van der Waals surface area (Å²) in [6.07, 6.45) is 2.50. The van der Waals surface area contributed by atoms with Gasteiger partial charge >= 0.3 is 0 Å². The normalized spacial score (nSPS) is 21.6. The maximum absolute atomic E-state index is 12.3. The summed E-state index contributed by atoms with van der Waals surface area (Å²) in [5, 5.41) is 23.5. The molecule has 0 radical (unpaired) electrons. The standard InChI is InChI=1S/C13H18N4O4/c14-16-8-5-6-11(17(20)21)9(7-8)13(19)15-10-3-1-2-4-12(10)18/h5-7,10,12,16,18H,1-4,14H2,(H,15,19). The Balaban J connectivity index is 2.22. The van der Waals surface area contributed by atoms with Crippen LogP contribution < -0.4 is 16.6 Å². The molecule has 8 nitrogen and oxygen atoms in total. The van der Waals surface area contributed by atoms with Gasteiger partial charge in [0.05, 0.1) is 17.1 Å². The number of hydrazine groups is 1. The summed E-state index contributed by atoms with van der Waals surface area (Å²) >= 11 is 0. The fraction of sp³-hybridized carbons (Fsp3) is 0.462. The number of hydrogen-bond donors (Lipinski definition) is 4. The van der Waals surface area contributed by atoms with Crippen molar-refractivity contribution >= 4 is 17.3 Å². The highest BCUT2D eigenvalue weighted by atomic mass is 16.6. The third-order valence-corrected chi connectivity index (χ3v) is 3.65. The number of carbonyl (C=O) groups is 1. The number of nitrogens with zero attached hydrogens (tertiary/aromatic N) is 1. The van der Waals surface area contributed by atoms with Crippen molar-refractivity contribution in [2.24, 2.45) is 5.84 Å². The van der Waals surface area contributed by atoms with Gasteiger partial charge in [0.25, 0.3) is 11.6 Å². The molecule has 21 heavy (non-hydrogen) atoms. The van der Waals surface area contributed by atoms with Crippen LogP contribution in [0.3, 0.4) is 0 Å². The monoisotopic (exact) mass is 294 g/mol. The van der Waals surface area contributed by atoms with Crippen molar-refractivity contribution in [3.05, 3.63) is 33.9 Å². The topological polar surface area (TPSA) is 131 Å². The number of benzene rings is 1. The first-order chi connectivity index (χ1) is 10.0. The van der Waals surface area contributed by atoms with Crippen molar-refractivity contribution in [1.29, 1.82) is 0 Å². The van der Waals surface area contributed by atoms with Gasteiger partial charge in [0.1, 0.15) is 5.56 Å². The molecule has 8 heteroatoms. The second kappa shape index (κ2) is 6.51. The van der Waals surface area contributed by atoms with Crippen molar-refractivity contribution in [1.82, 2.24) is 5.32 Å². The van der Waals surface area contributed by atoms with E-state index in [0.717, 1.165) is 12.8 Å². The molecular weight excluding hydrogens is 276 g/mol. The average molecular weight is 294 g/mol. The van der Waals surface area contributed by atoms with Crippen LogP contribution in [-0.2, 0) is 0 Å². The minimum atomic E-state index is -0.619. The zero-order valence-electron chi connectivity index (χ0n) is 11.4. The summed E-state index contributed by atoms with van der Waals surface area (Å²) in [7, 11) is 0. The van der Waals surface area contributed by atoms with Gasteiger partial charge in [-0.3, -0.25) is 20.8 Å². The van der Waals surface area contributed by atoms with Gasteiger partial charge < -0.3 is 15.8 Å².